The molecule has 2 saturated heterocycles. The Bertz CT molecular complexity index is 1910. The van der Waals surface area contributed by atoms with E-state index in [2.05, 4.69) is 0 Å². The maximum atomic E-state index is 13.6. The topological polar surface area (TPSA) is 130 Å². The number of hydrogen-bond acceptors (Lipinski definition) is 12. The van der Waals surface area contributed by atoms with Gasteiger partial charge >= 0.3 is 5.97 Å². The van der Waals surface area contributed by atoms with E-state index in [9.17, 15) is 9.90 Å². The summed E-state index contributed by atoms with van der Waals surface area (Å²) >= 11 is 0. The first-order valence-electron chi connectivity index (χ1n) is 16.0. The third-order valence-corrected chi connectivity index (χ3v) is 9.21. The van der Waals surface area contributed by atoms with Crippen molar-refractivity contribution in [1.82, 2.24) is 0 Å². The van der Waals surface area contributed by atoms with Crippen LogP contribution in [-0.2, 0) is 36.9 Å². The quantitative estimate of drug-likeness (QED) is 0.237. The number of methoxy groups -OCH3 is 2. The third kappa shape index (κ3) is 5.49. The molecule has 4 aliphatic heterocycles. The normalized spacial score (nSPS) is 24.8. The van der Waals surface area contributed by atoms with Gasteiger partial charge in [0.1, 0.15) is 36.8 Å². The van der Waals surface area contributed by atoms with E-state index in [1.807, 2.05) is 62.4 Å². The van der Waals surface area contributed by atoms with Gasteiger partial charge in [-0.05, 0) is 54.6 Å². The van der Waals surface area contributed by atoms with Crippen LogP contribution in [0.2, 0.25) is 0 Å². The molecule has 4 aromatic carbocycles. The number of carbonyl (C=O) groups excluding carboxylic acids is 1. The van der Waals surface area contributed by atoms with E-state index in [1.54, 1.807) is 26.4 Å². The summed E-state index contributed by atoms with van der Waals surface area (Å²) in [6.07, 6.45) is -3.94. The molecule has 8 rings (SSSR count). The Balaban J connectivity index is 1.29. The largest absolute Gasteiger partial charge is 0.493 e. The number of aliphatic hydroxyl groups is 1. The van der Waals surface area contributed by atoms with Crippen LogP contribution >= 0.6 is 0 Å². The number of fused-ring (bicyclic) bond motifs is 4. The molecule has 4 heterocycles. The van der Waals surface area contributed by atoms with Gasteiger partial charge in [-0.15, -0.1) is 0 Å². The van der Waals surface area contributed by atoms with Gasteiger partial charge in [0.15, 0.2) is 28.8 Å². The average Bonchev–Trinajstić information content (AvgIpc) is 3.83. The minimum Gasteiger partial charge on any atom is -0.493 e. The summed E-state index contributed by atoms with van der Waals surface area (Å²) in [6, 6.07) is 18.8. The summed E-state index contributed by atoms with van der Waals surface area (Å²) in [4.78, 5) is 13.6. The lowest BCUT2D eigenvalue weighted by Gasteiger charge is -2.41. The highest BCUT2D eigenvalue weighted by atomic mass is 16.8. The minimum absolute atomic E-state index is 0.0459. The summed E-state index contributed by atoms with van der Waals surface area (Å²) in [5, 5.41) is 11.7. The van der Waals surface area contributed by atoms with E-state index < -0.39 is 42.5 Å². The van der Waals surface area contributed by atoms with E-state index in [0.717, 1.165) is 5.56 Å². The molecule has 1 N–H and O–H groups in total. The Labute approximate surface area is 282 Å². The van der Waals surface area contributed by atoms with Crippen molar-refractivity contribution in [3.8, 4) is 39.9 Å². The number of rotatable bonds is 9. The van der Waals surface area contributed by atoms with E-state index in [-0.39, 0.29) is 26.6 Å². The second kappa shape index (κ2) is 12.4. The van der Waals surface area contributed by atoms with Crippen molar-refractivity contribution in [1.29, 1.82) is 0 Å². The zero-order chi connectivity index (χ0) is 33.9. The molecular weight excluding hydrogens is 636 g/mol. The maximum absolute atomic E-state index is 13.6. The number of aliphatic hydroxyl groups excluding tert-OH is 1. The highest BCUT2D eigenvalue weighted by molar-refractivity contribution is 6.14. The van der Waals surface area contributed by atoms with E-state index in [4.69, 9.17) is 47.4 Å². The smallest absolute Gasteiger partial charge is 0.339 e. The van der Waals surface area contributed by atoms with Gasteiger partial charge < -0.3 is 52.5 Å². The second-order valence-electron chi connectivity index (χ2n) is 12.6. The number of hydrogen-bond donors (Lipinski definition) is 1. The van der Waals surface area contributed by atoms with Crippen molar-refractivity contribution < 1.29 is 57.3 Å². The van der Waals surface area contributed by atoms with Crippen molar-refractivity contribution in [3.05, 3.63) is 77.4 Å². The van der Waals surface area contributed by atoms with E-state index in [1.165, 1.54) is 0 Å². The number of esters is 1. The second-order valence-corrected chi connectivity index (χ2v) is 12.6. The molecule has 0 aliphatic carbocycles. The molecular formula is C37H36O12. The SMILES string of the molecule is COc1cc2c(OC3OC(CO)C4OC(C)(C)OC4C3OCc3ccccc3)c3c(c(-c4ccc5c(c4)OCO5)c2cc1OC)C(=O)OC3. The fourth-order valence-corrected chi connectivity index (χ4v) is 7.03. The van der Waals surface area contributed by atoms with Crippen LogP contribution in [0.25, 0.3) is 21.9 Å². The lowest BCUT2D eigenvalue weighted by atomic mass is 9.89. The van der Waals surface area contributed by atoms with Gasteiger partial charge in [0, 0.05) is 16.5 Å². The monoisotopic (exact) mass is 672 g/mol. The Morgan fingerprint density at radius 3 is 2.35 bits per heavy atom. The molecule has 0 saturated carbocycles. The Hall–Kier alpha value is -4.59. The van der Waals surface area contributed by atoms with Gasteiger partial charge in [0.05, 0.1) is 33.0 Å². The molecule has 0 spiro atoms. The molecule has 12 nitrogen and oxygen atoms in total. The van der Waals surface area contributed by atoms with Gasteiger partial charge in [-0.1, -0.05) is 36.4 Å². The highest BCUT2D eigenvalue weighted by Crippen LogP contribution is 2.50. The minimum atomic E-state index is -1.09. The van der Waals surface area contributed by atoms with Crippen LogP contribution in [0.5, 0.6) is 28.7 Å². The van der Waals surface area contributed by atoms with Crippen LogP contribution < -0.4 is 23.7 Å². The number of carbonyl (C=O) groups is 1. The van der Waals surface area contributed by atoms with E-state index >= 15 is 0 Å². The van der Waals surface area contributed by atoms with Crippen molar-refractivity contribution in [2.45, 2.75) is 63.6 Å². The first kappa shape index (κ1) is 31.7. The summed E-state index contributed by atoms with van der Waals surface area (Å²) in [7, 11) is 3.09. The van der Waals surface area contributed by atoms with Crippen molar-refractivity contribution in [3.63, 3.8) is 0 Å². The third-order valence-electron chi connectivity index (χ3n) is 9.21. The number of cyclic esters (lactones) is 1. The molecule has 4 aliphatic rings. The van der Waals surface area contributed by atoms with Gasteiger partial charge in [0.25, 0.3) is 0 Å². The van der Waals surface area contributed by atoms with Gasteiger partial charge in [-0.3, -0.25) is 0 Å². The van der Waals surface area contributed by atoms with Gasteiger partial charge in [-0.2, -0.15) is 0 Å². The highest BCUT2D eigenvalue weighted by Gasteiger charge is 2.57. The molecule has 5 unspecified atom stereocenters. The Morgan fingerprint density at radius 1 is 0.857 bits per heavy atom. The zero-order valence-electron chi connectivity index (χ0n) is 27.4. The summed E-state index contributed by atoms with van der Waals surface area (Å²) in [6.45, 7) is 3.56. The lowest BCUT2D eigenvalue weighted by molar-refractivity contribution is -0.268. The first-order valence-corrected chi connectivity index (χ1v) is 16.0. The standard InChI is InChI=1S/C37H36O12/c1-37(2)48-32-28(15-38)46-36(34(33(32)49-37)42-16-19-8-6-5-7-9-19)47-31-22-14-26(41-4)25(40-3)13-21(22)29(30-23(31)17-43-35(30)39)20-10-11-24-27(12-20)45-18-44-24/h5-14,28,32-34,36,38H,15-18H2,1-4H3. The summed E-state index contributed by atoms with van der Waals surface area (Å²) < 4.78 is 60.7. The molecule has 4 aromatic rings. The predicted octanol–water partition coefficient (Wildman–Crippen LogP) is 5.12. The fourth-order valence-electron chi connectivity index (χ4n) is 7.03. The molecule has 2 fully saturated rings. The van der Waals surface area contributed by atoms with Gasteiger partial charge in [-0.25, -0.2) is 4.79 Å². The van der Waals surface area contributed by atoms with Crippen LogP contribution in [0.1, 0.15) is 35.3 Å². The summed E-state index contributed by atoms with van der Waals surface area (Å²) in [5.74, 6) is 0.952. The summed E-state index contributed by atoms with van der Waals surface area (Å²) in [5.41, 5.74) is 3.13. The molecule has 0 bridgehead atoms. The van der Waals surface area contributed by atoms with E-state index in [0.29, 0.717) is 61.8 Å². The number of ether oxygens (including phenoxy) is 10. The zero-order valence-corrected chi connectivity index (χ0v) is 27.4. The van der Waals surface area contributed by atoms with Crippen LogP contribution in [0.4, 0.5) is 0 Å². The maximum Gasteiger partial charge on any atom is 0.339 e. The van der Waals surface area contributed by atoms with Crippen molar-refractivity contribution >= 4 is 16.7 Å². The first-order chi connectivity index (χ1) is 23.8. The molecule has 49 heavy (non-hydrogen) atoms. The molecule has 12 heteroatoms. The lowest BCUT2D eigenvalue weighted by Crippen LogP contribution is -2.59. The van der Waals surface area contributed by atoms with Crippen LogP contribution in [0.3, 0.4) is 0 Å². The van der Waals surface area contributed by atoms with Crippen LogP contribution in [0.15, 0.2) is 60.7 Å². The van der Waals surface area contributed by atoms with Crippen molar-refractivity contribution in [2.24, 2.45) is 0 Å². The van der Waals surface area contributed by atoms with Crippen LogP contribution in [-0.4, -0.2) is 75.2 Å². The molecule has 5 atom stereocenters. The molecule has 0 amide bonds. The molecule has 0 radical (unpaired) electrons. The Morgan fingerprint density at radius 2 is 1.59 bits per heavy atom. The molecule has 256 valence electrons. The van der Waals surface area contributed by atoms with Crippen molar-refractivity contribution in [2.75, 3.05) is 27.6 Å². The Kier molecular flexibility index (Phi) is 8.00. The fraction of sp³-hybridized carbons (Fsp3) is 0.378. The average molecular weight is 673 g/mol. The van der Waals surface area contributed by atoms with Crippen LogP contribution in [0, 0.1) is 0 Å². The number of benzene rings is 4. The molecule has 0 aromatic heterocycles. The predicted molar refractivity (Wildman–Crippen MR) is 173 cm³/mol. The van der Waals surface area contributed by atoms with Gasteiger partial charge in [0.2, 0.25) is 13.1 Å².